The van der Waals surface area contributed by atoms with E-state index in [0.29, 0.717) is 12.2 Å². The van der Waals surface area contributed by atoms with Crippen LogP contribution in [0.3, 0.4) is 0 Å². The molecule has 0 amide bonds. The van der Waals surface area contributed by atoms with E-state index in [1.54, 1.807) is 6.08 Å². The zero-order chi connectivity index (χ0) is 12.1. The predicted octanol–water partition coefficient (Wildman–Crippen LogP) is 2.42. The highest BCUT2D eigenvalue weighted by atomic mass is 16.6. The van der Waals surface area contributed by atoms with Gasteiger partial charge >= 0.3 is 5.97 Å². The van der Waals surface area contributed by atoms with E-state index in [0.717, 1.165) is 18.6 Å². The van der Waals surface area contributed by atoms with Gasteiger partial charge < -0.3 is 9.47 Å². The Bertz CT molecular complexity index is 405. The monoisotopic (exact) mass is 232 g/mol. The van der Waals surface area contributed by atoms with E-state index in [-0.39, 0.29) is 12.1 Å². The molecule has 1 aliphatic rings. The zero-order valence-electron chi connectivity index (χ0n) is 9.89. The lowest BCUT2D eigenvalue weighted by atomic mass is 10.1. The Kier molecular flexibility index (Phi) is 3.94. The van der Waals surface area contributed by atoms with Gasteiger partial charge in [0.2, 0.25) is 0 Å². The first-order valence-corrected chi connectivity index (χ1v) is 5.81. The number of rotatable bonds is 4. The molecule has 0 bridgehead atoms. The molecule has 0 spiro atoms. The fraction of sp³-hybridized carbons (Fsp3) is 0.357. The van der Waals surface area contributed by atoms with E-state index in [1.165, 1.54) is 0 Å². The van der Waals surface area contributed by atoms with Crippen molar-refractivity contribution >= 4 is 11.5 Å². The Morgan fingerprint density at radius 3 is 2.71 bits per heavy atom. The van der Waals surface area contributed by atoms with Crippen molar-refractivity contribution in [2.45, 2.75) is 19.4 Å². The molecule has 0 N–H and O–H groups in total. The van der Waals surface area contributed by atoms with Gasteiger partial charge in [0.1, 0.15) is 6.61 Å². The maximum absolute atomic E-state index is 11.9. The van der Waals surface area contributed by atoms with Crippen molar-refractivity contribution in [1.29, 1.82) is 0 Å². The van der Waals surface area contributed by atoms with Crippen LogP contribution in [-0.2, 0) is 14.3 Å². The van der Waals surface area contributed by atoms with Crippen LogP contribution in [0, 0.1) is 0 Å². The largest absolute Gasteiger partial charge is 0.459 e. The molecule has 1 aromatic carbocycles. The van der Waals surface area contributed by atoms with Gasteiger partial charge in [-0.2, -0.15) is 0 Å². The topological polar surface area (TPSA) is 35.5 Å². The molecule has 3 nitrogen and oxygen atoms in total. The summed E-state index contributed by atoms with van der Waals surface area (Å²) in [7, 11) is 0. The van der Waals surface area contributed by atoms with Crippen LogP contribution in [0.1, 0.15) is 18.9 Å². The minimum Gasteiger partial charge on any atom is -0.459 e. The first kappa shape index (κ1) is 11.9. The van der Waals surface area contributed by atoms with Crippen molar-refractivity contribution in [2.75, 3.05) is 13.2 Å². The van der Waals surface area contributed by atoms with E-state index in [1.807, 2.05) is 37.3 Å². The van der Waals surface area contributed by atoms with Crippen LogP contribution >= 0.6 is 0 Å². The number of carbonyl (C=O) groups excluding carboxylic acids is 1. The van der Waals surface area contributed by atoms with Gasteiger partial charge in [-0.1, -0.05) is 36.4 Å². The molecule has 1 atom stereocenters. The average molecular weight is 232 g/mol. The van der Waals surface area contributed by atoms with Crippen molar-refractivity contribution in [3.8, 4) is 0 Å². The van der Waals surface area contributed by atoms with Gasteiger partial charge in [0, 0.05) is 13.0 Å². The summed E-state index contributed by atoms with van der Waals surface area (Å²) < 4.78 is 10.4. The molecule has 1 unspecified atom stereocenters. The van der Waals surface area contributed by atoms with E-state index >= 15 is 0 Å². The molecule has 90 valence electrons. The summed E-state index contributed by atoms with van der Waals surface area (Å²) in [6.45, 7) is 2.96. The molecule has 1 heterocycles. The number of esters is 1. The highest BCUT2D eigenvalue weighted by Crippen LogP contribution is 2.17. The first-order chi connectivity index (χ1) is 8.31. The van der Waals surface area contributed by atoms with Crippen molar-refractivity contribution < 1.29 is 14.3 Å². The van der Waals surface area contributed by atoms with E-state index in [4.69, 9.17) is 9.47 Å². The Morgan fingerprint density at radius 2 is 2.18 bits per heavy atom. The maximum atomic E-state index is 11.9. The van der Waals surface area contributed by atoms with Crippen LogP contribution in [0.5, 0.6) is 0 Å². The molecule has 0 saturated carbocycles. The molecule has 1 saturated heterocycles. The second-order valence-corrected chi connectivity index (χ2v) is 3.95. The molecule has 0 radical (unpaired) electrons. The minimum absolute atomic E-state index is 0.0906. The summed E-state index contributed by atoms with van der Waals surface area (Å²) >= 11 is 0. The van der Waals surface area contributed by atoms with E-state index in [9.17, 15) is 4.79 Å². The number of allylic oxidation sites excluding steroid dienone is 1. The van der Waals surface area contributed by atoms with Crippen molar-refractivity contribution in [1.82, 2.24) is 0 Å². The van der Waals surface area contributed by atoms with Crippen LogP contribution in [0.25, 0.3) is 5.57 Å². The van der Waals surface area contributed by atoms with Gasteiger partial charge in [0.15, 0.2) is 0 Å². The van der Waals surface area contributed by atoms with Crippen LogP contribution in [0.15, 0.2) is 36.4 Å². The number of hydrogen-bond acceptors (Lipinski definition) is 3. The Balaban J connectivity index is 1.96. The minimum atomic E-state index is -0.283. The molecule has 1 fully saturated rings. The Labute approximate surface area is 101 Å². The SMILES string of the molecule is CC=C(C(=O)OCC1CCO1)c1ccccc1. The molecular formula is C14H16O3. The summed E-state index contributed by atoms with van der Waals surface area (Å²) in [5, 5.41) is 0. The molecule has 1 aliphatic heterocycles. The smallest absolute Gasteiger partial charge is 0.338 e. The van der Waals surface area contributed by atoms with Crippen LogP contribution in [0.2, 0.25) is 0 Å². The summed E-state index contributed by atoms with van der Waals surface area (Å²) in [6, 6.07) is 9.53. The van der Waals surface area contributed by atoms with Crippen molar-refractivity contribution in [2.24, 2.45) is 0 Å². The van der Waals surface area contributed by atoms with E-state index in [2.05, 4.69) is 0 Å². The number of hydrogen-bond donors (Lipinski definition) is 0. The number of benzene rings is 1. The summed E-state index contributed by atoms with van der Waals surface area (Å²) in [6.07, 6.45) is 2.84. The Morgan fingerprint density at radius 1 is 1.47 bits per heavy atom. The zero-order valence-corrected chi connectivity index (χ0v) is 9.89. The van der Waals surface area contributed by atoms with Crippen molar-refractivity contribution in [3.05, 3.63) is 42.0 Å². The molecule has 0 aromatic heterocycles. The molecular weight excluding hydrogens is 216 g/mol. The third-order valence-electron chi connectivity index (χ3n) is 2.79. The quantitative estimate of drug-likeness (QED) is 0.590. The van der Waals surface area contributed by atoms with Gasteiger partial charge in [0.25, 0.3) is 0 Å². The normalized spacial score (nSPS) is 19.6. The lowest BCUT2D eigenvalue weighted by Gasteiger charge is -2.25. The van der Waals surface area contributed by atoms with Crippen LogP contribution < -0.4 is 0 Å². The Hall–Kier alpha value is -1.61. The molecule has 1 aromatic rings. The maximum Gasteiger partial charge on any atom is 0.338 e. The highest BCUT2D eigenvalue weighted by Gasteiger charge is 2.21. The van der Waals surface area contributed by atoms with Crippen molar-refractivity contribution in [3.63, 3.8) is 0 Å². The van der Waals surface area contributed by atoms with E-state index < -0.39 is 0 Å². The predicted molar refractivity (Wildman–Crippen MR) is 65.4 cm³/mol. The van der Waals surface area contributed by atoms with Gasteiger partial charge in [-0.15, -0.1) is 0 Å². The lowest BCUT2D eigenvalue weighted by molar-refractivity contribution is -0.147. The summed E-state index contributed by atoms with van der Waals surface area (Å²) in [5.74, 6) is -0.283. The number of carbonyl (C=O) groups is 1. The fourth-order valence-electron chi connectivity index (χ4n) is 1.68. The standard InChI is InChI=1S/C14H16O3/c1-2-13(11-6-4-3-5-7-11)14(15)17-10-12-8-9-16-12/h2-7,12H,8-10H2,1H3. The molecule has 3 heteroatoms. The van der Waals surface area contributed by atoms with Crippen LogP contribution in [0.4, 0.5) is 0 Å². The van der Waals surface area contributed by atoms with Crippen LogP contribution in [-0.4, -0.2) is 25.3 Å². The number of ether oxygens (including phenoxy) is 2. The van der Waals surface area contributed by atoms with Gasteiger partial charge in [-0.25, -0.2) is 4.79 Å². The van der Waals surface area contributed by atoms with Gasteiger partial charge in [-0.05, 0) is 12.5 Å². The summed E-state index contributed by atoms with van der Waals surface area (Å²) in [5.41, 5.74) is 1.49. The third kappa shape index (κ3) is 2.94. The lowest BCUT2D eigenvalue weighted by Crippen LogP contribution is -2.32. The highest BCUT2D eigenvalue weighted by molar-refractivity contribution is 6.16. The van der Waals surface area contributed by atoms with Gasteiger partial charge in [-0.3, -0.25) is 0 Å². The molecule has 2 rings (SSSR count). The van der Waals surface area contributed by atoms with Gasteiger partial charge in [0.05, 0.1) is 11.7 Å². The second-order valence-electron chi connectivity index (χ2n) is 3.95. The molecule has 17 heavy (non-hydrogen) atoms. The average Bonchev–Trinajstić information content (AvgIpc) is 2.29. The fourth-order valence-corrected chi connectivity index (χ4v) is 1.68. The second kappa shape index (κ2) is 5.64. The summed E-state index contributed by atoms with van der Waals surface area (Å²) in [4.78, 5) is 11.9. The third-order valence-corrected chi connectivity index (χ3v) is 2.79. The first-order valence-electron chi connectivity index (χ1n) is 5.81. The molecule has 0 aliphatic carbocycles.